The minimum Gasteiger partial charge on any atom is -0.373 e. The van der Waals surface area contributed by atoms with Crippen LogP contribution in [0.25, 0.3) is 0 Å². The molecule has 1 saturated heterocycles. The average Bonchev–Trinajstić information content (AvgIpc) is 2.97. The normalized spacial score (nSPS) is 22.9. The minimum absolute atomic E-state index is 0.0722. The van der Waals surface area contributed by atoms with Gasteiger partial charge in [0.15, 0.2) is 0 Å². The number of nitrogens with one attached hydrogen (secondary N) is 1. The van der Waals surface area contributed by atoms with Crippen LogP contribution in [0.5, 0.6) is 0 Å². The highest BCUT2D eigenvalue weighted by Gasteiger charge is 2.30. The van der Waals surface area contributed by atoms with Gasteiger partial charge in [-0.1, -0.05) is 6.07 Å². The SMILES string of the molecule is C[C@@H]1CN(S(=O)(=O)CCNC(=O)CCc2cccs2)C[C@@H](C)O1. The van der Waals surface area contributed by atoms with Gasteiger partial charge in [0.1, 0.15) is 0 Å². The first-order valence-corrected chi connectivity index (χ1v) is 10.3. The van der Waals surface area contributed by atoms with Crippen LogP contribution < -0.4 is 5.32 Å². The molecule has 1 amide bonds. The van der Waals surface area contributed by atoms with E-state index in [0.717, 1.165) is 4.88 Å². The molecule has 0 saturated carbocycles. The summed E-state index contributed by atoms with van der Waals surface area (Å²) in [5.41, 5.74) is 0. The van der Waals surface area contributed by atoms with Crippen LogP contribution in [0.4, 0.5) is 0 Å². The second kappa shape index (κ2) is 8.23. The molecule has 1 fully saturated rings. The average molecular weight is 361 g/mol. The molecule has 0 aliphatic carbocycles. The van der Waals surface area contributed by atoms with Crippen molar-refractivity contribution in [1.82, 2.24) is 9.62 Å². The van der Waals surface area contributed by atoms with E-state index in [0.29, 0.717) is 25.9 Å². The predicted molar refractivity (Wildman–Crippen MR) is 91.0 cm³/mol. The highest BCUT2D eigenvalue weighted by molar-refractivity contribution is 7.89. The van der Waals surface area contributed by atoms with Crippen LogP contribution in [0.3, 0.4) is 0 Å². The lowest BCUT2D eigenvalue weighted by Crippen LogP contribution is -2.49. The fourth-order valence-electron chi connectivity index (χ4n) is 2.59. The van der Waals surface area contributed by atoms with Crippen molar-refractivity contribution in [3.05, 3.63) is 22.4 Å². The summed E-state index contributed by atoms with van der Waals surface area (Å²) in [5.74, 6) is -0.186. The lowest BCUT2D eigenvalue weighted by Gasteiger charge is -2.34. The van der Waals surface area contributed by atoms with Crippen LogP contribution >= 0.6 is 11.3 Å². The molecule has 1 aliphatic heterocycles. The largest absolute Gasteiger partial charge is 0.373 e. The van der Waals surface area contributed by atoms with Gasteiger partial charge in [-0.15, -0.1) is 11.3 Å². The molecule has 23 heavy (non-hydrogen) atoms. The monoisotopic (exact) mass is 360 g/mol. The number of nitrogens with zero attached hydrogens (tertiary/aromatic N) is 1. The Hall–Kier alpha value is -0.960. The number of hydrogen-bond acceptors (Lipinski definition) is 5. The molecule has 2 atom stereocenters. The van der Waals surface area contributed by atoms with Gasteiger partial charge in [-0.3, -0.25) is 4.79 Å². The first-order valence-electron chi connectivity index (χ1n) is 7.79. The molecule has 2 rings (SSSR count). The fourth-order valence-corrected chi connectivity index (χ4v) is 4.79. The zero-order valence-corrected chi connectivity index (χ0v) is 15.2. The molecular formula is C15H24N2O4S2. The zero-order valence-electron chi connectivity index (χ0n) is 13.5. The maximum absolute atomic E-state index is 12.3. The van der Waals surface area contributed by atoms with E-state index in [1.807, 2.05) is 31.4 Å². The van der Waals surface area contributed by atoms with Crippen molar-refractivity contribution >= 4 is 27.3 Å². The summed E-state index contributed by atoms with van der Waals surface area (Å²) in [7, 11) is -3.36. The maximum Gasteiger partial charge on any atom is 0.220 e. The molecule has 2 heterocycles. The third-order valence-corrected chi connectivity index (χ3v) is 6.38. The summed E-state index contributed by atoms with van der Waals surface area (Å²) < 4.78 is 31.7. The van der Waals surface area contributed by atoms with Crippen LogP contribution in [-0.4, -0.2) is 56.2 Å². The Morgan fingerprint density at radius 1 is 1.39 bits per heavy atom. The van der Waals surface area contributed by atoms with Gasteiger partial charge in [0.05, 0.1) is 18.0 Å². The molecule has 8 heteroatoms. The van der Waals surface area contributed by atoms with E-state index in [9.17, 15) is 13.2 Å². The number of morpholine rings is 1. The Balaban J connectivity index is 1.72. The number of aryl methyl sites for hydroxylation is 1. The van der Waals surface area contributed by atoms with E-state index in [2.05, 4.69) is 5.32 Å². The van der Waals surface area contributed by atoms with E-state index in [1.165, 1.54) is 4.31 Å². The number of ether oxygens (including phenoxy) is 1. The Labute approximate surface area is 141 Å². The van der Waals surface area contributed by atoms with Crippen molar-refractivity contribution in [3.63, 3.8) is 0 Å². The van der Waals surface area contributed by atoms with Crippen LogP contribution in [0, 0.1) is 0 Å². The molecule has 0 unspecified atom stereocenters. The molecule has 0 spiro atoms. The van der Waals surface area contributed by atoms with E-state index in [4.69, 9.17) is 4.74 Å². The minimum atomic E-state index is -3.36. The Bertz CT molecular complexity index is 591. The summed E-state index contributed by atoms with van der Waals surface area (Å²) in [4.78, 5) is 12.9. The third kappa shape index (κ3) is 5.87. The van der Waals surface area contributed by atoms with Gasteiger partial charge in [-0.05, 0) is 31.7 Å². The van der Waals surface area contributed by atoms with E-state index < -0.39 is 10.0 Å². The molecule has 1 N–H and O–H groups in total. The van der Waals surface area contributed by atoms with Crippen molar-refractivity contribution in [2.45, 2.75) is 38.9 Å². The van der Waals surface area contributed by atoms with E-state index >= 15 is 0 Å². The van der Waals surface area contributed by atoms with Crippen molar-refractivity contribution in [2.75, 3.05) is 25.4 Å². The number of sulfonamides is 1. The number of carbonyl (C=O) groups excluding carboxylic acids is 1. The lowest BCUT2D eigenvalue weighted by atomic mass is 10.2. The van der Waals surface area contributed by atoms with Crippen molar-refractivity contribution in [1.29, 1.82) is 0 Å². The first kappa shape index (κ1) is 18.4. The number of rotatable bonds is 7. The quantitative estimate of drug-likeness (QED) is 0.794. The smallest absolute Gasteiger partial charge is 0.220 e. The Morgan fingerprint density at radius 2 is 2.09 bits per heavy atom. The molecule has 6 nitrogen and oxygen atoms in total. The van der Waals surface area contributed by atoms with E-state index in [1.54, 1.807) is 11.3 Å². The number of hydrogen-bond donors (Lipinski definition) is 1. The summed E-state index contributed by atoms with van der Waals surface area (Å²) in [6.07, 6.45) is 0.865. The predicted octanol–water partition coefficient (Wildman–Crippen LogP) is 1.24. The molecule has 0 aromatic carbocycles. The molecule has 1 aliphatic rings. The fraction of sp³-hybridized carbons (Fsp3) is 0.667. The maximum atomic E-state index is 12.3. The number of amides is 1. The van der Waals surface area contributed by atoms with Crippen LogP contribution in [0.15, 0.2) is 17.5 Å². The number of carbonyl (C=O) groups is 1. The van der Waals surface area contributed by atoms with Gasteiger partial charge in [-0.2, -0.15) is 4.31 Å². The lowest BCUT2D eigenvalue weighted by molar-refractivity contribution is -0.120. The number of thiophene rings is 1. The van der Waals surface area contributed by atoms with Gasteiger partial charge in [0.25, 0.3) is 0 Å². The first-order chi connectivity index (χ1) is 10.9. The molecular weight excluding hydrogens is 336 g/mol. The van der Waals surface area contributed by atoms with Crippen molar-refractivity contribution < 1.29 is 17.9 Å². The summed E-state index contributed by atoms with van der Waals surface area (Å²) in [5, 5.41) is 4.67. The van der Waals surface area contributed by atoms with Crippen molar-refractivity contribution in [2.24, 2.45) is 0 Å². The van der Waals surface area contributed by atoms with Gasteiger partial charge < -0.3 is 10.1 Å². The Kier molecular flexibility index (Phi) is 6.58. The Morgan fingerprint density at radius 3 is 2.70 bits per heavy atom. The summed E-state index contributed by atoms with van der Waals surface area (Å²) >= 11 is 1.62. The molecule has 0 bridgehead atoms. The third-order valence-electron chi connectivity index (χ3n) is 3.64. The van der Waals surface area contributed by atoms with Crippen LogP contribution in [0.1, 0.15) is 25.1 Å². The second-order valence-corrected chi connectivity index (χ2v) is 8.94. The zero-order chi connectivity index (χ0) is 16.9. The molecule has 1 aromatic heterocycles. The van der Waals surface area contributed by atoms with Crippen molar-refractivity contribution in [3.8, 4) is 0 Å². The van der Waals surface area contributed by atoms with Gasteiger partial charge in [-0.25, -0.2) is 8.42 Å². The summed E-state index contributed by atoms with van der Waals surface area (Å²) in [6, 6.07) is 3.94. The van der Waals surface area contributed by atoms with Crippen LogP contribution in [-0.2, 0) is 26.0 Å². The van der Waals surface area contributed by atoms with Gasteiger partial charge in [0.2, 0.25) is 15.9 Å². The molecule has 1 aromatic rings. The second-order valence-electron chi connectivity index (χ2n) is 5.82. The summed E-state index contributed by atoms with van der Waals surface area (Å²) in [6.45, 7) is 4.62. The molecule has 0 radical (unpaired) electrons. The highest BCUT2D eigenvalue weighted by atomic mass is 32.2. The van der Waals surface area contributed by atoms with E-state index in [-0.39, 0.29) is 30.4 Å². The highest BCUT2D eigenvalue weighted by Crippen LogP contribution is 2.14. The van der Waals surface area contributed by atoms with Gasteiger partial charge in [0, 0.05) is 30.9 Å². The topological polar surface area (TPSA) is 75.7 Å². The van der Waals surface area contributed by atoms with Gasteiger partial charge >= 0.3 is 0 Å². The molecule has 130 valence electrons. The standard InChI is InChI=1S/C15H24N2O4S2/c1-12-10-17(11-13(2)21-12)23(19,20)9-7-16-15(18)6-5-14-4-3-8-22-14/h3-4,8,12-13H,5-7,9-11H2,1-2H3,(H,16,18)/t12-,13-/m1/s1. The van der Waals surface area contributed by atoms with Crippen LogP contribution in [0.2, 0.25) is 0 Å².